The van der Waals surface area contributed by atoms with E-state index in [2.05, 4.69) is 36.1 Å². The van der Waals surface area contributed by atoms with Crippen molar-refractivity contribution in [1.82, 2.24) is 4.90 Å². The molecule has 3 aliphatic rings. The summed E-state index contributed by atoms with van der Waals surface area (Å²) in [6.07, 6.45) is 12.2. The summed E-state index contributed by atoms with van der Waals surface area (Å²) >= 11 is 0. The van der Waals surface area contributed by atoms with Gasteiger partial charge in [-0.05, 0) is 43.9 Å². The lowest BCUT2D eigenvalue weighted by molar-refractivity contribution is 0.425. The first kappa shape index (κ1) is 9.76. The van der Waals surface area contributed by atoms with Crippen molar-refractivity contribution in [2.75, 3.05) is 6.54 Å². The van der Waals surface area contributed by atoms with Gasteiger partial charge in [0.25, 0.3) is 0 Å². The van der Waals surface area contributed by atoms with Crippen LogP contribution < -0.4 is 5.73 Å². The molecule has 0 bridgehead atoms. The Morgan fingerprint density at radius 2 is 2.31 bits per heavy atom. The van der Waals surface area contributed by atoms with Gasteiger partial charge in [0, 0.05) is 29.6 Å². The first-order valence-electron chi connectivity index (χ1n) is 6.14. The molecule has 0 radical (unpaired) electrons. The summed E-state index contributed by atoms with van der Waals surface area (Å²) in [6.45, 7) is 3.30. The third-order valence-electron chi connectivity index (χ3n) is 3.77. The summed E-state index contributed by atoms with van der Waals surface area (Å²) in [4.78, 5) is 2.48. The molecule has 0 aromatic heterocycles. The Morgan fingerprint density at radius 3 is 3.12 bits per heavy atom. The third kappa shape index (κ3) is 1.26. The molecule has 16 heavy (non-hydrogen) atoms. The molecule has 0 spiro atoms. The standard InChI is InChI=1S/C14H18N2/c1-2-16-13-6-4-3-5-11(13)12-9-10(15)7-8-14(12)16/h3,5,7-8,12H,2,4,6,9,15H2,1H3. The van der Waals surface area contributed by atoms with Crippen LogP contribution in [-0.4, -0.2) is 11.4 Å². The van der Waals surface area contributed by atoms with Crippen molar-refractivity contribution < 1.29 is 0 Å². The van der Waals surface area contributed by atoms with Crippen molar-refractivity contribution in [3.63, 3.8) is 0 Å². The molecule has 0 aromatic rings. The SMILES string of the molecule is CCN1C2=CC=C(N)CC2C2=C1CCC=C2. The van der Waals surface area contributed by atoms with Gasteiger partial charge in [-0.2, -0.15) is 0 Å². The number of rotatable bonds is 1. The second-order valence-corrected chi connectivity index (χ2v) is 4.68. The van der Waals surface area contributed by atoms with Gasteiger partial charge in [0.2, 0.25) is 0 Å². The second kappa shape index (κ2) is 3.55. The van der Waals surface area contributed by atoms with E-state index in [9.17, 15) is 0 Å². The molecule has 0 fully saturated rings. The fourth-order valence-electron chi connectivity index (χ4n) is 3.07. The van der Waals surface area contributed by atoms with Gasteiger partial charge in [0.05, 0.1) is 0 Å². The van der Waals surface area contributed by atoms with E-state index in [1.165, 1.54) is 29.8 Å². The van der Waals surface area contributed by atoms with E-state index in [0.717, 1.165) is 18.7 Å². The Balaban J connectivity index is 2.06. The molecule has 0 saturated heterocycles. The van der Waals surface area contributed by atoms with Crippen LogP contribution >= 0.6 is 0 Å². The van der Waals surface area contributed by atoms with Crippen LogP contribution in [0.1, 0.15) is 26.2 Å². The van der Waals surface area contributed by atoms with Crippen molar-refractivity contribution in [2.24, 2.45) is 11.7 Å². The maximum atomic E-state index is 5.95. The largest absolute Gasteiger partial charge is 0.402 e. The number of allylic oxidation sites excluding steroid dienone is 7. The van der Waals surface area contributed by atoms with Crippen molar-refractivity contribution in [1.29, 1.82) is 0 Å². The summed E-state index contributed by atoms with van der Waals surface area (Å²) in [6, 6.07) is 0. The zero-order chi connectivity index (χ0) is 11.1. The predicted octanol–water partition coefficient (Wildman–Crippen LogP) is 2.67. The molecule has 1 heterocycles. The van der Waals surface area contributed by atoms with Crippen molar-refractivity contribution in [3.8, 4) is 0 Å². The monoisotopic (exact) mass is 214 g/mol. The number of hydrogen-bond donors (Lipinski definition) is 1. The van der Waals surface area contributed by atoms with Gasteiger partial charge >= 0.3 is 0 Å². The van der Waals surface area contributed by atoms with E-state index in [4.69, 9.17) is 5.73 Å². The second-order valence-electron chi connectivity index (χ2n) is 4.68. The Morgan fingerprint density at radius 1 is 1.44 bits per heavy atom. The predicted molar refractivity (Wildman–Crippen MR) is 66.2 cm³/mol. The Hall–Kier alpha value is -1.44. The highest BCUT2D eigenvalue weighted by atomic mass is 15.2. The average Bonchev–Trinajstić information content (AvgIpc) is 2.62. The topological polar surface area (TPSA) is 29.3 Å². The van der Waals surface area contributed by atoms with Gasteiger partial charge in [0.15, 0.2) is 0 Å². The Bertz CT molecular complexity index is 438. The number of nitrogens with zero attached hydrogens (tertiary/aromatic N) is 1. The Kier molecular flexibility index (Phi) is 2.16. The van der Waals surface area contributed by atoms with E-state index < -0.39 is 0 Å². The lowest BCUT2D eigenvalue weighted by Crippen LogP contribution is -2.22. The van der Waals surface area contributed by atoms with Crippen LogP contribution in [0.3, 0.4) is 0 Å². The third-order valence-corrected chi connectivity index (χ3v) is 3.77. The minimum absolute atomic E-state index is 0.525. The number of fused-ring (bicyclic) bond motifs is 2. The quantitative estimate of drug-likeness (QED) is 0.727. The number of hydrogen-bond acceptors (Lipinski definition) is 2. The fourth-order valence-corrected chi connectivity index (χ4v) is 3.07. The van der Waals surface area contributed by atoms with Crippen molar-refractivity contribution in [3.05, 3.63) is 47.0 Å². The minimum atomic E-state index is 0.525. The average molecular weight is 214 g/mol. The Labute approximate surface area is 96.8 Å². The number of nitrogens with two attached hydrogens (primary N) is 1. The molecule has 1 unspecified atom stereocenters. The van der Waals surface area contributed by atoms with E-state index in [0.29, 0.717) is 5.92 Å². The zero-order valence-corrected chi connectivity index (χ0v) is 9.74. The molecule has 1 atom stereocenters. The van der Waals surface area contributed by atoms with Gasteiger partial charge < -0.3 is 10.6 Å². The van der Waals surface area contributed by atoms with Gasteiger partial charge in [-0.15, -0.1) is 0 Å². The molecular weight excluding hydrogens is 196 g/mol. The molecule has 2 heteroatoms. The summed E-state index contributed by atoms with van der Waals surface area (Å²) < 4.78 is 0. The molecule has 2 N–H and O–H groups in total. The molecular formula is C14H18N2. The zero-order valence-electron chi connectivity index (χ0n) is 9.74. The maximum Gasteiger partial charge on any atom is 0.0314 e. The maximum absolute atomic E-state index is 5.95. The highest BCUT2D eigenvalue weighted by Crippen LogP contribution is 2.45. The van der Waals surface area contributed by atoms with Crippen LogP contribution in [0.5, 0.6) is 0 Å². The summed E-state index contributed by atoms with van der Waals surface area (Å²) in [5.74, 6) is 0.525. The van der Waals surface area contributed by atoms with E-state index in [1.54, 1.807) is 0 Å². The molecule has 0 saturated carbocycles. The van der Waals surface area contributed by atoms with E-state index in [1.807, 2.05) is 0 Å². The van der Waals surface area contributed by atoms with Gasteiger partial charge in [-0.25, -0.2) is 0 Å². The lowest BCUT2D eigenvalue weighted by Gasteiger charge is -2.26. The highest BCUT2D eigenvalue weighted by molar-refractivity contribution is 5.47. The summed E-state index contributed by atoms with van der Waals surface area (Å²) in [5, 5.41) is 0. The van der Waals surface area contributed by atoms with Gasteiger partial charge in [0.1, 0.15) is 0 Å². The first-order chi connectivity index (χ1) is 7.81. The lowest BCUT2D eigenvalue weighted by atomic mass is 9.88. The molecule has 0 aromatic carbocycles. The van der Waals surface area contributed by atoms with Gasteiger partial charge in [-0.3, -0.25) is 0 Å². The summed E-state index contributed by atoms with van der Waals surface area (Å²) in [5.41, 5.74) is 11.5. The highest BCUT2D eigenvalue weighted by Gasteiger charge is 2.35. The van der Waals surface area contributed by atoms with E-state index >= 15 is 0 Å². The first-order valence-corrected chi connectivity index (χ1v) is 6.14. The van der Waals surface area contributed by atoms with Crippen LogP contribution in [0.4, 0.5) is 0 Å². The van der Waals surface area contributed by atoms with Crippen molar-refractivity contribution in [2.45, 2.75) is 26.2 Å². The van der Waals surface area contributed by atoms with Crippen LogP contribution in [0.25, 0.3) is 0 Å². The van der Waals surface area contributed by atoms with Crippen LogP contribution in [0, 0.1) is 5.92 Å². The normalized spacial score (nSPS) is 27.6. The fraction of sp³-hybridized carbons (Fsp3) is 0.429. The van der Waals surface area contributed by atoms with Crippen LogP contribution in [-0.2, 0) is 0 Å². The molecule has 3 rings (SSSR count). The molecule has 0 amide bonds. The smallest absolute Gasteiger partial charge is 0.0314 e. The van der Waals surface area contributed by atoms with Crippen molar-refractivity contribution >= 4 is 0 Å². The summed E-state index contributed by atoms with van der Waals surface area (Å²) in [7, 11) is 0. The molecule has 1 aliphatic heterocycles. The minimum Gasteiger partial charge on any atom is -0.402 e. The van der Waals surface area contributed by atoms with Gasteiger partial charge in [-0.1, -0.05) is 12.2 Å². The van der Waals surface area contributed by atoms with E-state index in [-0.39, 0.29) is 0 Å². The molecule has 2 aliphatic carbocycles. The molecule has 2 nitrogen and oxygen atoms in total. The molecule has 84 valence electrons. The van der Waals surface area contributed by atoms with Crippen LogP contribution in [0.15, 0.2) is 47.0 Å². The van der Waals surface area contributed by atoms with Crippen LogP contribution in [0.2, 0.25) is 0 Å².